The van der Waals surface area contributed by atoms with Crippen molar-refractivity contribution in [3.8, 4) is 78.8 Å². The summed E-state index contributed by atoms with van der Waals surface area (Å²) in [4.78, 5) is 28.3. The maximum Gasteiger partial charge on any atom is 0.0898 e. The van der Waals surface area contributed by atoms with Gasteiger partial charge in [-0.1, -0.05) is 218 Å². The molecule has 103 heavy (non-hydrogen) atoms. The van der Waals surface area contributed by atoms with E-state index in [2.05, 4.69) is 97.5 Å². The zero-order valence-electron chi connectivity index (χ0n) is 63.8. The maximum absolute atomic E-state index is 9.76. The van der Waals surface area contributed by atoms with Crippen LogP contribution in [0.15, 0.2) is 200 Å². The van der Waals surface area contributed by atoms with E-state index in [1.165, 1.54) is 5.56 Å². The summed E-state index contributed by atoms with van der Waals surface area (Å²) in [6.45, 7) is 37.6. The summed E-state index contributed by atoms with van der Waals surface area (Å²) < 4.78 is 0. The molecule has 6 atom stereocenters. The monoisotopic (exact) mass is 1930 g/mol. The van der Waals surface area contributed by atoms with Gasteiger partial charge in [0.1, 0.15) is 0 Å². The van der Waals surface area contributed by atoms with Crippen LogP contribution in [0.25, 0.3) is 78.8 Å². The Kier molecular flexibility index (Phi) is 39.9. The number of benzene rings is 7. The summed E-state index contributed by atoms with van der Waals surface area (Å²) in [7, 11) is 0. The first-order valence-corrected chi connectivity index (χ1v) is 34.8. The number of hydrogen-bond donors (Lipinski definition) is 6. The number of aliphatic hydroxyl groups excluding tert-OH is 6. The summed E-state index contributed by atoms with van der Waals surface area (Å²) in [5, 5.41) is 57.1. The molecule has 0 aliphatic rings. The molecule has 10 aromatic rings. The number of aromatic nitrogens is 6. The van der Waals surface area contributed by atoms with Crippen molar-refractivity contribution in [2.75, 3.05) is 0 Å². The molecule has 15 heteroatoms. The van der Waals surface area contributed by atoms with Gasteiger partial charge in [-0.2, -0.15) is 0 Å². The molecule has 559 valence electrons. The van der Waals surface area contributed by atoms with Crippen LogP contribution in [0, 0.1) is 73.5 Å². The first-order chi connectivity index (χ1) is 47.0. The van der Waals surface area contributed by atoms with Gasteiger partial charge < -0.3 is 40.6 Å². The zero-order chi connectivity index (χ0) is 74.0. The van der Waals surface area contributed by atoms with E-state index >= 15 is 0 Å². The first kappa shape index (κ1) is 92.6. The van der Waals surface area contributed by atoms with Gasteiger partial charge in [0.25, 0.3) is 0 Å². The number of rotatable bonds is 15. The van der Waals surface area contributed by atoms with E-state index in [1.807, 2.05) is 256 Å². The molecule has 7 aromatic carbocycles. The third-order valence-corrected chi connectivity index (χ3v) is 16.6. The predicted octanol–water partition coefficient (Wildman–Crippen LogP) is 19.3. The van der Waals surface area contributed by atoms with E-state index < -0.39 is 24.4 Å². The topological polar surface area (TPSA) is 199 Å². The number of hydrogen-bond acceptors (Lipinski definition) is 12. The van der Waals surface area contributed by atoms with Gasteiger partial charge in [-0.3, -0.25) is 19.9 Å². The smallest absolute Gasteiger partial charge is 0.0898 e. The summed E-state index contributed by atoms with van der Waals surface area (Å²) >= 11 is 0. The minimum atomic E-state index is -0.443. The molecule has 6 N–H and O–H groups in total. The summed E-state index contributed by atoms with van der Waals surface area (Å²) in [6, 6.07) is 72.0. The van der Waals surface area contributed by atoms with Crippen LogP contribution in [0.1, 0.15) is 152 Å². The van der Waals surface area contributed by atoms with Gasteiger partial charge in [-0.05, 0) is 80.6 Å². The molecule has 12 nitrogen and oxygen atoms in total. The Morgan fingerprint density at radius 3 is 1.01 bits per heavy atom. The largest absolute Gasteiger partial charge is 0.393 e. The Balaban J connectivity index is 0.000000429. The molecule has 3 heterocycles. The van der Waals surface area contributed by atoms with Crippen molar-refractivity contribution in [3.63, 3.8) is 0 Å². The van der Waals surface area contributed by atoms with Crippen LogP contribution >= 0.6 is 0 Å². The molecule has 10 rings (SSSR count). The molecule has 0 aliphatic heterocycles. The Labute approximate surface area is 657 Å². The van der Waals surface area contributed by atoms with E-state index in [-0.39, 0.29) is 94.2 Å². The Bertz CT molecular complexity index is 3810. The minimum absolute atomic E-state index is 0. The molecule has 0 amide bonds. The average molecular weight is 1930 g/mol. The second-order valence-corrected chi connectivity index (χ2v) is 30.4. The predicted molar refractivity (Wildman–Crippen MR) is 412 cm³/mol. The fraction of sp³-hybridized carbons (Fsp3) is 0.386. The molecule has 6 unspecified atom stereocenters. The van der Waals surface area contributed by atoms with Crippen LogP contribution in [-0.2, 0) is 60.3 Å². The van der Waals surface area contributed by atoms with Crippen molar-refractivity contribution < 1.29 is 91.0 Å². The Hall–Kier alpha value is -6.51. The van der Waals surface area contributed by atoms with Gasteiger partial charge in [0.2, 0.25) is 0 Å². The van der Waals surface area contributed by atoms with E-state index in [1.54, 1.807) is 6.92 Å². The third-order valence-electron chi connectivity index (χ3n) is 16.6. The average Bonchev–Trinajstić information content (AvgIpc) is 0.792. The first-order valence-electron chi connectivity index (χ1n) is 34.8. The fourth-order valence-electron chi connectivity index (χ4n) is 9.96. The molecule has 0 saturated carbocycles. The molecule has 0 aliphatic carbocycles. The van der Waals surface area contributed by atoms with E-state index in [4.69, 9.17) is 25.0 Å². The van der Waals surface area contributed by atoms with E-state index in [0.717, 1.165) is 102 Å². The Morgan fingerprint density at radius 1 is 0.320 bits per heavy atom. The van der Waals surface area contributed by atoms with Gasteiger partial charge in [-0.15, -0.1) is 108 Å². The molecule has 0 spiro atoms. The van der Waals surface area contributed by atoms with Crippen LogP contribution in [0.4, 0.5) is 0 Å². The van der Waals surface area contributed by atoms with Gasteiger partial charge >= 0.3 is 0 Å². The molecule has 0 fully saturated rings. The molecular weight excluding hydrogens is 1810 g/mol. The van der Waals surface area contributed by atoms with Crippen LogP contribution in [-0.4, -0.2) is 97.2 Å². The van der Waals surface area contributed by atoms with Crippen molar-refractivity contribution in [3.05, 3.63) is 241 Å². The van der Waals surface area contributed by atoms with E-state index in [9.17, 15) is 25.5 Å². The van der Waals surface area contributed by atoms with Crippen molar-refractivity contribution in [1.82, 2.24) is 29.9 Å². The molecular formula is C88H111Ir3N6O6-3. The molecule has 0 bridgehead atoms. The van der Waals surface area contributed by atoms with Crippen LogP contribution in [0.3, 0.4) is 0 Å². The van der Waals surface area contributed by atoms with Crippen LogP contribution < -0.4 is 0 Å². The number of aliphatic hydroxyl groups is 6. The normalized spacial score (nSPS) is 12.9. The van der Waals surface area contributed by atoms with Crippen molar-refractivity contribution in [2.45, 2.75) is 194 Å². The van der Waals surface area contributed by atoms with Gasteiger partial charge in [-0.25, -0.2) is 0 Å². The molecule has 3 radical (unpaired) electrons. The fourth-order valence-corrected chi connectivity index (χ4v) is 9.96. The summed E-state index contributed by atoms with van der Waals surface area (Å²) in [5.74, 6) is 0.508. The summed E-state index contributed by atoms with van der Waals surface area (Å²) in [5.41, 5.74) is 16.9. The van der Waals surface area contributed by atoms with Gasteiger partial charge in [0.05, 0.1) is 65.1 Å². The zero-order valence-corrected chi connectivity index (χ0v) is 71.0. The van der Waals surface area contributed by atoms with Crippen LogP contribution in [0.2, 0.25) is 0 Å². The summed E-state index contributed by atoms with van der Waals surface area (Å²) in [6.07, 6.45) is 3.36. The van der Waals surface area contributed by atoms with Crippen molar-refractivity contribution in [2.24, 2.45) is 27.6 Å². The van der Waals surface area contributed by atoms with Crippen molar-refractivity contribution in [1.29, 1.82) is 0 Å². The minimum Gasteiger partial charge on any atom is -0.393 e. The Morgan fingerprint density at radius 2 is 0.641 bits per heavy atom. The maximum atomic E-state index is 9.76. The van der Waals surface area contributed by atoms with Gasteiger partial charge in [0.15, 0.2) is 0 Å². The van der Waals surface area contributed by atoms with Crippen LogP contribution in [0.5, 0.6) is 0 Å². The SMILES string of the molecule is CC(C)(C)C(O)CC(O)C(C)(C)C.CC(C)(C)C(O)CC(O)C(C)(C)C.CC(C)CC(O)CC(C)O.Cc1ccc(-c2cnc(-c3[c-]cccc3)c(-c3ccccc3)n2)cc1.Cc1nc(-c2ccccc2)c(C)nc1-c1[c-]cccc1.Cc1nc(-c2ccccc2)cnc1-c1[c-]cccc1.[Ir].[Ir].[Ir]. The standard InChI is InChI=1S/C23H17N2.C18H15N2.C17H13N2.2C11H24O2.C8H18O2.3Ir/c1-17-12-14-18(15-13-17)21-16-24-22(19-8-4-2-5-9-19)23(25-21)20-10-6-3-7-11-20;1-13-17(15-9-5-3-6-10-15)20-14(2)18(19-13)16-11-7-4-8-12-16;1-13-17(15-10-6-3-7-11-15)18-12-16(19-13)14-8-4-2-5-9-14;2*1-10(2,3)8(12)7-9(13)11(4,5)6;1-6(2)4-8(10)5-7(3)9;;;/h2-8,10-16H,1H3;3-11H,1-2H3;2-10,12H,1H3;2*8-9,12-13H,7H2,1-6H3;6-10H,4-5H2,1-3H3;;;/q3*-1;;;;;;. The van der Waals surface area contributed by atoms with Gasteiger partial charge in [0, 0.05) is 131 Å². The van der Waals surface area contributed by atoms with Crippen molar-refractivity contribution >= 4 is 0 Å². The number of aryl methyl sites for hydroxylation is 4. The third kappa shape index (κ3) is 32.0. The second kappa shape index (κ2) is 44.5. The number of nitrogens with zero attached hydrogens (tertiary/aromatic N) is 6. The molecule has 3 aromatic heterocycles. The quantitative estimate of drug-likeness (QED) is 0.0532. The van der Waals surface area contributed by atoms with E-state index in [0.29, 0.717) is 25.2 Å². The second-order valence-electron chi connectivity index (χ2n) is 30.4. The molecule has 0 saturated heterocycles.